The fourth-order valence-corrected chi connectivity index (χ4v) is 4.82. The van der Waals surface area contributed by atoms with Crippen molar-refractivity contribution < 1.29 is 34.2 Å². The van der Waals surface area contributed by atoms with Gasteiger partial charge in [0, 0.05) is 53.5 Å². The van der Waals surface area contributed by atoms with E-state index in [0.29, 0.717) is 5.56 Å². The minimum absolute atomic E-state index is 0.0131. The Hall–Kier alpha value is -5.17. The Morgan fingerprint density at radius 1 is 0.744 bits per heavy atom. The molecule has 13 heteroatoms. The van der Waals surface area contributed by atoms with E-state index in [2.05, 4.69) is 25.9 Å². The Morgan fingerprint density at radius 2 is 1.26 bits per heavy atom. The van der Waals surface area contributed by atoms with Gasteiger partial charge in [-0.3, -0.25) is 19.2 Å². The standard InChI is InChI=1S/C30H34N6O7/c1-16(27(39)36-25(30(42)43)13-18-15-33-23-9-5-3-7-20(18)23)34-29(41)24(35-28(40)21(31)10-11-26(37)38)12-17-14-32-22-8-4-2-6-19(17)22/h2-9,14-16,21,24-25,32-33H,10-13,31H2,1H3,(H,34,41)(H,35,40)(H,36,39)(H,37,38)(H,42,43). The van der Waals surface area contributed by atoms with Crippen LogP contribution in [0.1, 0.15) is 30.9 Å². The number of hydrogen-bond donors (Lipinski definition) is 8. The summed E-state index contributed by atoms with van der Waals surface area (Å²) in [5, 5.41) is 28.0. The zero-order valence-electron chi connectivity index (χ0n) is 23.4. The number of fused-ring (bicyclic) bond motifs is 2. The number of H-pyrrole nitrogens is 2. The summed E-state index contributed by atoms with van der Waals surface area (Å²) in [5.41, 5.74) is 8.95. The zero-order valence-corrected chi connectivity index (χ0v) is 23.4. The van der Waals surface area contributed by atoms with Gasteiger partial charge in [0.1, 0.15) is 18.1 Å². The Labute approximate surface area is 246 Å². The summed E-state index contributed by atoms with van der Waals surface area (Å²) in [7, 11) is 0. The van der Waals surface area contributed by atoms with Crippen molar-refractivity contribution >= 4 is 51.5 Å². The van der Waals surface area contributed by atoms with Crippen molar-refractivity contribution in [1.82, 2.24) is 25.9 Å². The molecule has 13 nitrogen and oxygen atoms in total. The molecule has 2 aromatic heterocycles. The first kappa shape index (κ1) is 30.8. The topological polar surface area (TPSA) is 219 Å². The molecule has 0 spiro atoms. The van der Waals surface area contributed by atoms with Gasteiger partial charge in [0.25, 0.3) is 0 Å². The number of carbonyl (C=O) groups is 5. The van der Waals surface area contributed by atoms with Crippen LogP contribution in [0.2, 0.25) is 0 Å². The zero-order chi connectivity index (χ0) is 31.1. The fourth-order valence-electron chi connectivity index (χ4n) is 4.82. The van der Waals surface area contributed by atoms with E-state index in [1.165, 1.54) is 6.92 Å². The number of amides is 3. The van der Waals surface area contributed by atoms with E-state index in [1.807, 2.05) is 48.5 Å². The number of carboxylic acids is 2. The highest BCUT2D eigenvalue weighted by molar-refractivity contribution is 5.95. The lowest BCUT2D eigenvalue weighted by Gasteiger charge is -2.23. The highest BCUT2D eigenvalue weighted by Crippen LogP contribution is 2.20. The first-order chi connectivity index (χ1) is 20.5. The minimum atomic E-state index is -1.26. The molecule has 3 amide bonds. The third-order valence-electron chi connectivity index (χ3n) is 7.20. The maximum atomic E-state index is 13.4. The van der Waals surface area contributed by atoms with Crippen LogP contribution in [-0.2, 0) is 36.8 Å². The highest BCUT2D eigenvalue weighted by Gasteiger charge is 2.29. The fraction of sp³-hybridized carbons (Fsp3) is 0.300. The lowest BCUT2D eigenvalue weighted by molar-refractivity contribution is -0.142. The Kier molecular flexibility index (Phi) is 9.78. The van der Waals surface area contributed by atoms with Crippen LogP contribution >= 0.6 is 0 Å². The van der Waals surface area contributed by atoms with Gasteiger partial charge in [-0.1, -0.05) is 36.4 Å². The molecule has 0 aliphatic heterocycles. The lowest BCUT2D eigenvalue weighted by atomic mass is 10.0. The van der Waals surface area contributed by atoms with Crippen LogP contribution in [0.5, 0.6) is 0 Å². The van der Waals surface area contributed by atoms with Crippen molar-refractivity contribution in [2.24, 2.45) is 5.73 Å². The second-order valence-corrected chi connectivity index (χ2v) is 10.4. The summed E-state index contributed by atoms with van der Waals surface area (Å²) >= 11 is 0. The van der Waals surface area contributed by atoms with Crippen molar-refractivity contribution in [3.63, 3.8) is 0 Å². The van der Waals surface area contributed by atoms with Crippen LogP contribution in [0.4, 0.5) is 0 Å². The van der Waals surface area contributed by atoms with Crippen LogP contribution in [0, 0.1) is 0 Å². The number of carboxylic acid groups (broad SMARTS) is 2. The van der Waals surface area contributed by atoms with Crippen LogP contribution in [0.15, 0.2) is 60.9 Å². The molecule has 43 heavy (non-hydrogen) atoms. The number of aromatic amines is 2. The highest BCUT2D eigenvalue weighted by atomic mass is 16.4. The third-order valence-corrected chi connectivity index (χ3v) is 7.20. The third kappa shape index (κ3) is 7.77. The number of nitrogens with two attached hydrogens (primary N) is 1. The van der Waals surface area contributed by atoms with Crippen LogP contribution in [0.3, 0.4) is 0 Å². The van der Waals surface area contributed by atoms with Gasteiger partial charge in [-0.05, 0) is 36.6 Å². The summed E-state index contributed by atoms with van der Waals surface area (Å²) in [4.78, 5) is 68.3. The molecule has 226 valence electrons. The normalized spacial score (nSPS) is 14.0. The molecule has 0 saturated heterocycles. The first-order valence-corrected chi connectivity index (χ1v) is 13.7. The minimum Gasteiger partial charge on any atom is -0.481 e. The largest absolute Gasteiger partial charge is 0.481 e. The summed E-state index contributed by atoms with van der Waals surface area (Å²) < 4.78 is 0. The molecule has 2 aromatic carbocycles. The van der Waals surface area contributed by atoms with E-state index in [1.54, 1.807) is 12.4 Å². The number of para-hydroxylation sites is 2. The molecule has 4 unspecified atom stereocenters. The van der Waals surface area contributed by atoms with E-state index in [9.17, 15) is 29.1 Å². The summed E-state index contributed by atoms with van der Waals surface area (Å²) in [5.74, 6) is -4.49. The van der Waals surface area contributed by atoms with Gasteiger partial charge >= 0.3 is 11.9 Å². The maximum absolute atomic E-state index is 13.4. The summed E-state index contributed by atoms with van der Waals surface area (Å²) in [6.45, 7) is 1.40. The SMILES string of the molecule is CC(NC(=O)C(Cc1c[nH]c2ccccc12)NC(=O)C(N)CCC(=O)O)C(=O)NC(Cc1c[nH]c2ccccc12)C(=O)O. The van der Waals surface area contributed by atoms with Crippen molar-refractivity contribution in [3.05, 3.63) is 72.1 Å². The van der Waals surface area contributed by atoms with E-state index in [0.717, 1.165) is 27.4 Å². The molecule has 4 aromatic rings. The first-order valence-electron chi connectivity index (χ1n) is 13.7. The van der Waals surface area contributed by atoms with Gasteiger partial charge in [0.15, 0.2) is 0 Å². The molecule has 0 fully saturated rings. The average molecular weight is 591 g/mol. The molecule has 0 radical (unpaired) electrons. The molecular weight excluding hydrogens is 556 g/mol. The predicted molar refractivity (Wildman–Crippen MR) is 158 cm³/mol. The molecule has 0 aliphatic rings. The summed E-state index contributed by atoms with van der Waals surface area (Å²) in [6, 6.07) is 10.0. The average Bonchev–Trinajstić information content (AvgIpc) is 3.58. The smallest absolute Gasteiger partial charge is 0.326 e. The number of carbonyl (C=O) groups excluding carboxylic acids is 3. The van der Waals surface area contributed by atoms with Gasteiger partial charge in [-0.2, -0.15) is 0 Å². The van der Waals surface area contributed by atoms with E-state index >= 15 is 0 Å². The molecule has 4 atom stereocenters. The molecule has 9 N–H and O–H groups in total. The van der Waals surface area contributed by atoms with Crippen LogP contribution < -0.4 is 21.7 Å². The molecular formula is C30H34N6O7. The molecule has 2 heterocycles. The van der Waals surface area contributed by atoms with E-state index < -0.39 is 53.8 Å². The summed E-state index contributed by atoms with van der Waals surface area (Å²) in [6.07, 6.45) is 3.00. The number of aromatic nitrogens is 2. The number of benzene rings is 2. The maximum Gasteiger partial charge on any atom is 0.326 e. The van der Waals surface area contributed by atoms with E-state index in [4.69, 9.17) is 10.8 Å². The van der Waals surface area contributed by atoms with Gasteiger partial charge < -0.3 is 41.9 Å². The van der Waals surface area contributed by atoms with E-state index in [-0.39, 0.29) is 25.7 Å². The predicted octanol–water partition coefficient (Wildman–Crippen LogP) is 1.19. The number of hydrogen-bond acceptors (Lipinski definition) is 6. The second-order valence-electron chi connectivity index (χ2n) is 10.4. The molecule has 4 rings (SSSR count). The van der Waals surface area contributed by atoms with Crippen molar-refractivity contribution in [2.45, 2.75) is 56.8 Å². The molecule has 0 bridgehead atoms. The van der Waals surface area contributed by atoms with Gasteiger partial charge in [-0.25, -0.2) is 4.79 Å². The van der Waals surface area contributed by atoms with Gasteiger partial charge in [0.2, 0.25) is 17.7 Å². The quantitative estimate of drug-likeness (QED) is 0.106. The van der Waals surface area contributed by atoms with Crippen LogP contribution in [-0.4, -0.2) is 74.0 Å². The number of aliphatic carboxylic acids is 2. The van der Waals surface area contributed by atoms with Crippen molar-refractivity contribution in [3.8, 4) is 0 Å². The molecule has 0 saturated carbocycles. The van der Waals surface area contributed by atoms with Crippen LogP contribution in [0.25, 0.3) is 21.8 Å². The lowest BCUT2D eigenvalue weighted by Crippen LogP contribution is -2.57. The Balaban J connectivity index is 1.45. The van der Waals surface area contributed by atoms with Crippen molar-refractivity contribution in [2.75, 3.05) is 0 Å². The monoisotopic (exact) mass is 590 g/mol. The Bertz CT molecular complexity index is 1640. The molecule has 0 aliphatic carbocycles. The number of rotatable bonds is 14. The van der Waals surface area contributed by atoms with Gasteiger partial charge in [-0.15, -0.1) is 0 Å². The van der Waals surface area contributed by atoms with Crippen molar-refractivity contribution in [1.29, 1.82) is 0 Å². The Morgan fingerprint density at radius 3 is 1.79 bits per heavy atom. The van der Waals surface area contributed by atoms with Gasteiger partial charge in [0.05, 0.1) is 6.04 Å². The number of nitrogens with one attached hydrogen (secondary N) is 5. The second kappa shape index (κ2) is 13.7.